The molecule has 8 heteroatoms. The van der Waals surface area contributed by atoms with E-state index in [9.17, 15) is 14.0 Å². The van der Waals surface area contributed by atoms with Gasteiger partial charge in [-0.05, 0) is 53.3 Å². The van der Waals surface area contributed by atoms with Crippen LogP contribution in [0.3, 0.4) is 0 Å². The average molecular weight is 470 g/mol. The number of benzene rings is 1. The van der Waals surface area contributed by atoms with E-state index in [1.54, 1.807) is 34.7 Å². The minimum Gasteiger partial charge on any atom is -0.339 e. The first-order valence-corrected chi connectivity index (χ1v) is 9.37. The molecule has 3 N–H and O–H groups in total. The maximum absolute atomic E-state index is 14.3. The van der Waals surface area contributed by atoms with E-state index < -0.39 is 5.82 Å². The molecular weight excluding hydrogens is 450 g/mol. The number of rotatable bonds is 5. The molecule has 0 aliphatic carbocycles. The molecule has 0 radical (unpaired) electrons. The van der Waals surface area contributed by atoms with Gasteiger partial charge in [0.1, 0.15) is 17.9 Å². The summed E-state index contributed by atoms with van der Waals surface area (Å²) >= 11 is 2.04. The number of likely N-dealkylation sites (tertiary alicyclic amines) is 1. The van der Waals surface area contributed by atoms with Gasteiger partial charge in [-0.2, -0.15) is 0 Å². The van der Waals surface area contributed by atoms with Crippen LogP contribution in [-0.2, 0) is 18.3 Å². The third-order valence-corrected chi connectivity index (χ3v) is 5.22. The van der Waals surface area contributed by atoms with Crippen molar-refractivity contribution in [3.05, 3.63) is 44.9 Å². The van der Waals surface area contributed by atoms with E-state index in [0.29, 0.717) is 30.2 Å². The number of hydrogen-bond acceptors (Lipinski definition) is 4. The Balaban J connectivity index is 1.99. The second kappa shape index (κ2) is 7.75. The molecule has 2 heterocycles. The van der Waals surface area contributed by atoms with Crippen LogP contribution in [0.15, 0.2) is 24.3 Å². The molecule has 0 saturated carbocycles. The van der Waals surface area contributed by atoms with Crippen LogP contribution in [0.1, 0.15) is 22.5 Å². The lowest BCUT2D eigenvalue weighted by Crippen LogP contribution is -2.32. The van der Waals surface area contributed by atoms with Crippen LogP contribution in [0.5, 0.6) is 0 Å². The van der Waals surface area contributed by atoms with E-state index in [2.05, 4.69) is 5.32 Å². The quantitative estimate of drug-likeness (QED) is 0.520. The van der Waals surface area contributed by atoms with E-state index >= 15 is 0 Å². The predicted octanol–water partition coefficient (Wildman–Crippen LogP) is 2.43. The number of nitrogens with one attached hydrogen (secondary N) is 1. The molecule has 1 saturated heterocycles. The highest BCUT2D eigenvalue weighted by Crippen LogP contribution is 2.29. The van der Waals surface area contributed by atoms with Gasteiger partial charge in [-0.1, -0.05) is 0 Å². The Morgan fingerprint density at radius 2 is 2.23 bits per heavy atom. The number of nitrogens with two attached hydrogens (primary N) is 1. The Morgan fingerprint density at radius 3 is 2.85 bits per heavy atom. The molecule has 1 aromatic heterocycles. The van der Waals surface area contributed by atoms with Crippen molar-refractivity contribution in [1.29, 1.82) is 0 Å². The number of carbonyl (C=O) groups excluding carboxylic acids is 2. The zero-order valence-electron chi connectivity index (χ0n) is 14.3. The lowest BCUT2D eigenvalue weighted by Gasteiger charge is -2.17. The molecule has 0 unspecified atom stereocenters. The molecule has 138 valence electrons. The lowest BCUT2D eigenvalue weighted by atomic mass is 10.2. The molecule has 1 aliphatic rings. The molecule has 1 amide bonds. The van der Waals surface area contributed by atoms with Gasteiger partial charge in [-0.3, -0.25) is 4.79 Å². The molecule has 1 fully saturated rings. The van der Waals surface area contributed by atoms with E-state index in [1.807, 2.05) is 22.6 Å². The molecule has 0 bridgehead atoms. The molecule has 0 spiro atoms. The second-order valence-electron chi connectivity index (χ2n) is 6.38. The Labute approximate surface area is 164 Å². The van der Waals surface area contributed by atoms with Crippen LogP contribution in [0.4, 0.5) is 15.9 Å². The third-order valence-electron chi connectivity index (χ3n) is 4.55. The topological polar surface area (TPSA) is 80.4 Å². The van der Waals surface area contributed by atoms with Crippen LogP contribution in [0.2, 0.25) is 0 Å². The zero-order chi connectivity index (χ0) is 18.8. The molecule has 1 aromatic carbocycles. The number of amides is 1. The van der Waals surface area contributed by atoms with Crippen molar-refractivity contribution in [2.45, 2.75) is 18.9 Å². The van der Waals surface area contributed by atoms with Crippen molar-refractivity contribution in [2.24, 2.45) is 12.8 Å². The predicted molar refractivity (Wildman–Crippen MR) is 106 cm³/mol. The first kappa shape index (κ1) is 18.8. The number of hydrogen-bond donors (Lipinski definition) is 2. The van der Waals surface area contributed by atoms with Crippen LogP contribution < -0.4 is 11.1 Å². The fraction of sp³-hybridized carbons (Fsp3) is 0.333. The molecule has 2 aromatic rings. The van der Waals surface area contributed by atoms with Gasteiger partial charge in [-0.25, -0.2) is 4.39 Å². The number of nitrogens with zero attached hydrogens (tertiary/aromatic N) is 2. The van der Waals surface area contributed by atoms with Gasteiger partial charge in [0, 0.05) is 41.9 Å². The van der Waals surface area contributed by atoms with Crippen LogP contribution in [-0.4, -0.2) is 40.8 Å². The highest BCUT2D eigenvalue weighted by molar-refractivity contribution is 14.1. The van der Waals surface area contributed by atoms with Crippen molar-refractivity contribution in [3.8, 4) is 0 Å². The van der Waals surface area contributed by atoms with Crippen molar-refractivity contribution >= 4 is 46.3 Å². The van der Waals surface area contributed by atoms with E-state index in [1.165, 1.54) is 6.07 Å². The van der Waals surface area contributed by atoms with Gasteiger partial charge in [0.15, 0.2) is 0 Å². The summed E-state index contributed by atoms with van der Waals surface area (Å²) in [7, 11) is 1.75. The van der Waals surface area contributed by atoms with Crippen molar-refractivity contribution in [1.82, 2.24) is 9.47 Å². The largest absolute Gasteiger partial charge is 0.339 e. The first-order valence-electron chi connectivity index (χ1n) is 8.30. The average Bonchev–Trinajstić information content (AvgIpc) is 3.15. The monoisotopic (exact) mass is 470 g/mol. The highest BCUT2D eigenvalue weighted by Gasteiger charge is 2.28. The van der Waals surface area contributed by atoms with Crippen molar-refractivity contribution < 1.29 is 14.0 Å². The summed E-state index contributed by atoms with van der Waals surface area (Å²) in [4.78, 5) is 25.6. The third kappa shape index (κ3) is 3.75. The van der Waals surface area contributed by atoms with Crippen molar-refractivity contribution in [3.63, 3.8) is 0 Å². The maximum Gasteiger partial charge on any atom is 0.257 e. The van der Waals surface area contributed by atoms with Crippen LogP contribution in [0.25, 0.3) is 0 Å². The smallest absolute Gasteiger partial charge is 0.257 e. The number of carbonyl (C=O) groups is 2. The molecule has 1 atom stereocenters. The standard InChI is InChI=1S/C18H20FIN4O2/c1-23-13(5-7-25)9-14(18(26)24-6-4-12(21)10-24)17(23)22-16-3-2-11(20)8-15(16)19/h2-3,7-9,12,22H,4-6,10,21H2,1H3/t12-/m1/s1. The molecule has 6 nitrogen and oxygen atoms in total. The number of halogens is 2. The van der Waals surface area contributed by atoms with Gasteiger partial charge in [0.25, 0.3) is 5.91 Å². The van der Waals surface area contributed by atoms with Gasteiger partial charge in [-0.15, -0.1) is 0 Å². The first-order chi connectivity index (χ1) is 12.4. The van der Waals surface area contributed by atoms with Crippen LogP contribution >= 0.6 is 22.6 Å². The van der Waals surface area contributed by atoms with E-state index in [0.717, 1.165) is 16.3 Å². The van der Waals surface area contributed by atoms with Gasteiger partial charge < -0.3 is 25.3 Å². The number of aromatic nitrogens is 1. The maximum atomic E-state index is 14.3. The molecular formula is C18H20FIN4O2. The Kier molecular flexibility index (Phi) is 5.61. The SMILES string of the molecule is Cn1c(CC=O)cc(C(=O)N2CC[C@@H](N)C2)c1Nc1ccc(I)cc1F. The summed E-state index contributed by atoms with van der Waals surface area (Å²) in [5, 5.41) is 3.02. The summed E-state index contributed by atoms with van der Waals surface area (Å²) < 4.78 is 16.8. The number of anilines is 2. The summed E-state index contributed by atoms with van der Waals surface area (Å²) in [6.45, 7) is 1.09. The highest BCUT2D eigenvalue weighted by atomic mass is 127. The molecule has 1 aliphatic heterocycles. The molecule has 26 heavy (non-hydrogen) atoms. The summed E-state index contributed by atoms with van der Waals surface area (Å²) in [6.07, 6.45) is 1.71. The van der Waals surface area contributed by atoms with Gasteiger partial charge in [0.2, 0.25) is 0 Å². The normalized spacial score (nSPS) is 16.8. The Morgan fingerprint density at radius 1 is 1.46 bits per heavy atom. The summed E-state index contributed by atoms with van der Waals surface area (Å²) in [6, 6.07) is 6.49. The van der Waals surface area contributed by atoms with Gasteiger partial charge >= 0.3 is 0 Å². The fourth-order valence-corrected chi connectivity index (χ4v) is 3.57. The fourth-order valence-electron chi connectivity index (χ4n) is 3.11. The minimum atomic E-state index is -0.406. The van der Waals surface area contributed by atoms with Gasteiger partial charge in [0.05, 0.1) is 11.3 Å². The van der Waals surface area contributed by atoms with Crippen molar-refractivity contribution in [2.75, 3.05) is 18.4 Å². The number of aldehydes is 1. The zero-order valence-corrected chi connectivity index (χ0v) is 16.5. The van der Waals surface area contributed by atoms with E-state index in [4.69, 9.17) is 5.73 Å². The summed E-state index contributed by atoms with van der Waals surface area (Å²) in [5.41, 5.74) is 7.28. The lowest BCUT2D eigenvalue weighted by molar-refractivity contribution is -0.107. The Hall–Kier alpha value is -1.94. The summed E-state index contributed by atoms with van der Waals surface area (Å²) in [5.74, 6) is -0.108. The van der Waals surface area contributed by atoms with Crippen LogP contribution in [0, 0.1) is 9.39 Å². The minimum absolute atomic E-state index is 0.0258. The second-order valence-corrected chi connectivity index (χ2v) is 7.62. The van der Waals surface area contributed by atoms with E-state index in [-0.39, 0.29) is 24.1 Å². The molecule has 3 rings (SSSR count). The Bertz CT molecular complexity index is 852.